The summed E-state index contributed by atoms with van der Waals surface area (Å²) in [6.07, 6.45) is 1.48. The summed E-state index contributed by atoms with van der Waals surface area (Å²) in [6.45, 7) is 5.13. The fourth-order valence-corrected chi connectivity index (χ4v) is 1.63. The molecule has 2 rings (SSSR count). The van der Waals surface area contributed by atoms with Crippen molar-refractivity contribution in [2.75, 3.05) is 20.3 Å². The van der Waals surface area contributed by atoms with Gasteiger partial charge in [0, 0.05) is 30.3 Å². The van der Waals surface area contributed by atoms with E-state index in [4.69, 9.17) is 14.0 Å². The normalized spacial score (nSPS) is 19.2. The molecule has 0 aliphatic carbocycles. The van der Waals surface area contributed by atoms with E-state index >= 15 is 0 Å². The minimum atomic E-state index is -0.681. The SMILES string of the molecule is COc1nccc(B2OCC(C)(C)CO2)c1F. The number of nitrogens with zero attached hydrogens (tertiary/aromatic N) is 1. The molecular weight excluding hydrogens is 224 g/mol. The molecule has 2 heterocycles. The molecule has 6 heteroatoms. The molecule has 0 atom stereocenters. The van der Waals surface area contributed by atoms with Crippen LogP contribution in [0.3, 0.4) is 0 Å². The van der Waals surface area contributed by atoms with E-state index in [0.29, 0.717) is 18.7 Å². The Hall–Kier alpha value is -1.14. The largest absolute Gasteiger partial charge is 0.497 e. The standard InChI is InChI=1S/C11H15BFNO3/c1-11(2)6-16-12(17-7-11)8-4-5-14-10(15-3)9(8)13/h4-5H,6-7H2,1-3H3. The van der Waals surface area contributed by atoms with Gasteiger partial charge in [0.15, 0.2) is 5.82 Å². The first kappa shape index (κ1) is 12.3. The van der Waals surface area contributed by atoms with Crippen molar-refractivity contribution in [1.29, 1.82) is 0 Å². The Labute approximate surface area is 100 Å². The highest BCUT2D eigenvalue weighted by Gasteiger charge is 2.35. The van der Waals surface area contributed by atoms with Gasteiger partial charge in [-0.3, -0.25) is 0 Å². The molecule has 0 N–H and O–H groups in total. The zero-order valence-electron chi connectivity index (χ0n) is 10.2. The Kier molecular flexibility index (Phi) is 3.35. The summed E-state index contributed by atoms with van der Waals surface area (Å²) in [5, 5.41) is 0. The molecule has 1 fully saturated rings. The molecular formula is C11H15BFNO3. The monoisotopic (exact) mass is 239 g/mol. The summed E-state index contributed by atoms with van der Waals surface area (Å²) < 4.78 is 29.8. The topological polar surface area (TPSA) is 40.6 Å². The molecule has 0 radical (unpaired) electrons. The number of rotatable bonds is 2. The highest BCUT2D eigenvalue weighted by Crippen LogP contribution is 2.22. The molecule has 0 aromatic carbocycles. The number of halogens is 1. The molecule has 0 spiro atoms. The Balaban J connectivity index is 2.19. The lowest BCUT2D eigenvalue weighted by atomic mass is 9.76. The fraction of sp³-hybridized carbons (Fsp3) is 0.545. The van der Waals surface area contributed by atoms with Crippen LogP contribution in [0.4, 0.5) is 4.39 Å². The summed E-state index contributed by atoms with van der Waals surface area (Å²) in [4.78, 5) is 3.77. The lowest BCUT2D eigenvalue weighted by Crippen LogP contribution is -2.48. The minimum absolute atomic E-state index is 0.0376. The molecule has 1 aromatic rings. The molecule has 0 unspecified atom stereocenters. The highest BCUT2D eigenvalue weighted by atomic mass is 19.1. The van der Waals surface area contributed by atoms with E-state index in [2.05, 4.69) is 4.98 Å². The van der Waals surface area contributed by atoms with Crippen molar-refractivity contribution in [3.8, 4) is 5.88 Å². The predicted octanol–water partition coefficient (Wildman–Crippen LogP) is 0.997. The number of pyridine rings is 1. The van der Waals surface area contributed by atoms with E-state index < -0.39 is 12.9 Å². The summed E-state index contributed by atoms with van der Waals surface area (Å²) >= 11 is 0. The first-order chi connectivity index (χ1) is 8.03. The summed E-state index contributed by atoms with van der Waals surface area (Å²) in [7, 11) is 0.695. The Morgan fingerprint density at radius 1 is 1.41 bits per heavy atom. The maximum absolute atomic E-state index is 13.9. The van der Waals surface area contributed by atoms with Gasteiger partial charge in [0.05, 0.1) is 7.11 Å². The lowest BCUT2D eigenvalue weighted by Gasteiger charge is -2.33. The molecule has 1 aromatic heterocycles. The average molecular weight is 239 g/mol. The number of ether oxygens (including phenoxy) is 1. The van der Waals surface area contributed by atoms with Gasteiger partial charge in [0.2, 0.25) is 5.88 Å². The molecule has 17 heavy (non-hydrogen) atoms. The van der Waals surface area contributed by atoms with Crippen molar-refractivity contribution in [2.24, 2.45) is 5.41 Å². The highest BCUT2D eigenvalue weighted by molar-refractivity contribution is 6.61. The Morgan fingerprint density at radius 2 is 2.06 bits per heavy atom. The predicted molar refractivity (Wildman–Crippen MR) is 61.8 cm³/mol. The molecule has 4 nitrogen and oxygen atoms in total. The number of aromatic nitrogens is 1. The van der Waals surface area contributed by atoms with Crippen LogP contribution in [0.2, 0.25) is 0 Å². The summed E-state index contributed by atoms with van der Waals surface area (Å²) in [5.41, 5.74) is 0.289. The summed E-state index contributed by atoms with van der Waals surface area (Å²) in [6, 6.07) is 1.54. The molecule has 92 valence electrons. The van der Waals surface area contributed by atoms with E-state index in [1.54, 1.807) is 6.07 Å². The average Bonchev–Trinajstić information content (AvgIpc) is 2.30. The van der Waals surface area contributed by atoms with Crippen molar-refractivity contribution in [1.82, 2.24) is 4.98 Å². The van der Waals surface area contributed by atoms with Gasteiger partial charge < -0.3 is 14.0 Å². The third-order valence-corrected chi connectivity index (χ3v) is 2.59. The van der Waals surface area contributed by atoms with Gasteiger partial charge in [0.25, 0.3) is 0 Å². The third-order valence-electron chi connectivity index (χ3n) is 2.59. The lowest BCUT2D eigenvalue weighted by molar-refractivity contribution is 0.0340. The van der Waals surface area contributed by atoms with Crippen LogP contribution in [0, 0.1) is 11.2 Å². The second-order valence-corrected chi connectivity index (χ2v) is 4.84. The number of hydrogen-bond donors (Lipinski definition) is 0. The van der Waals surface area contributed by atoms with Crippen LogP contribution in [0.25, 0.3) is 0 Å². The Bertz CT molecular complexity index is 404. The fourth-order valence-electron chi connectivity index (χ4n) is 1.63. The van der Waals surface area contributed by atoms with Crippen LogP contribution in [-0.4, -0.2) is 32.4 Å². The third kappa shape index (κ3) is 2.58. The quantitative estimate of drug-likeness (QED) is 0.722. The maximum Gasteiger partial charge on any atom is 0.497 e. The van der Waals surface area contributed by atoms with Crippen molar-refractivity contribution in [2.45, 2.75) is 13.8 Å². The van der Waals surface area contributed by atoms with Gasteiger partial charge in [-0.05, 0) is 6.07 Å². The van der Waals surface area contributed by atoms with Gasteiger partial charge >= 0.3 is 7.12 Å². The Morgan fingerprint density at radius 3 is 2.65 bits per heavy atom. The smallest absolute Gasteiger partial charge is 0.479 e. The van der Waals surface area contributed by atoms with Gasteiger partial charge in [-0.15, -0.1) is 0 Å². The molecule has 0 saturated carbocycles. The van der Waals surface area contributed by atoms with Crippen LogP contribution < -0.4 is 10.2 Å². The van der Waals surface area contributed by atoms with Crippen molar-refractivity contribution >= 4 is 12.6 Å². The van der Waals surface area contributed by atoms with Crippen LogP contribution >= 0.6 is 0 Å². The van der Waals surface area contributed by atoms with E-state index in [9.17, 15) is 4.39 Å². The van der Waals surface area contributed by atoms with Crippen LogP contribution in [-0.2, 0) is 9.31 Å². The first-order valence-corrected chi connectivity index (χ1v) is 5.45. The molecule has 1 saturated heterocycles. The summed E-state index contributed by atoms with van der Waals surface area (Å²) in [5.74, 6) is -0.570. The molecule has 0 bridgehead atoms. The number of hydrogen-bond acceptors (Lipinski definition) is 4. The van der Waals surface area contributed by atoms with Crippen LogP contribution in [0.5, 0.6) is 5.88 Å². The van der Waals surface area contributed by atoms with Crippen molar-refractivity contribution in [3.63, 3.8) is 0 Å². The van der Waals surface area contributed by atoms with E-state index in [1.165, 1.54) is 13.3 Å². The van der Waals surface area contributed by atoms with Crippen molar-refractivity contribution in [3.05, 3.63) is 18.1 Å². The van der Waals surface area contributed by atoms with Crippen molar-refractivity contribution < 1.29 is 18.4 Å². The minimum Gasteiger partial charge on any atom is -0.479 e. The van der Waals surface area contributed by atoms with Crippen LogP contribution in [0.1, 0.15) is 13.8 Å². The molecule has 1 aliphatic heterocycles. The van der Waals surface area contributed by atoms with Gasteiger partial charge in [-0.1, -0.05) is 13.8 Å². The van der Waals surface area contributed by atoms with Crippen LogP contribution in [0.15, 0.2) is 12.3 Å². The van der Waals surface area contributed by atoms with E-state index in [-0.39, 0.29) is 11.3 Å². The second kappa shape index (κ2) is 4.62. The molecule has 0 amide bonds. The van der Waals surface area contributed by atoms with Gasteiger partial charge in [-0.2, -0.15) is 0 Å². The second-order valence-electron chi connectivity index (χ2n) is 4.84. The zero-order valence-corrected chi connectivity index (χ0v) is 10.2. The molecule has 1 aliphatic rings. The maximum atomic E-state index is 13.9. The first-order valence-electron chi connectivity index (χ1n) is 5.45. The zero-order chi connectivity index (χ0) is 12.5. The number of methoxy groups -OCH3 is 1. The van der Waals surface area contributed by atoms with Gasteiger partial charge in [-0.25, -0.2) is 9.37 Å². The van der Waals surface area contributed by atoms with E-state index in [1.807, 2.05) is 13.8 Å². The van der Waals surface area contributed by atoms with Gasteiger partial charge in [0.1, 0.15) is 0 Å². The van der Waals surface area contributed by atoms with E-state index in [0.717, 1.165) is 0 Å².